The number of carbonyl (C=O) groups excluding carboxylic acids is 1. The van der Waals surface area contributed by atoms with Crippen LogP contribution in [0.15, 0.2) is 81.2 Å². The average Bonchev–Trinajstić information content (AvgIpc) is 3.30. The summed E-state index contributed by atoms with van der Waals surface area (Å²) in [5.41, 5.74) is 1.22. The lowest BCUT2D eigenvalue weighted by atomic mass is 10.2. The molecular weight excluding hydrogens is 396 g/mol. The molecule has 1 fully saturated rings. The van der Waals surface area contributed by atoms with E-state index in [0.717, 1.165) is 5.69 Å². The van der Waals surface area contributed by atoms with Gasteiger partial charge in [-0.05, 0) is 60.3 Å². The molecule has 0 bridgehead atoms. The Balaban J connectivity index is 1.72. The van der Waals surface area contributed by atoms with Crippen LogP contribution in [0.3, 0.4) is 0 Å². The lowest BCUT2D eigenvalue weighted by molar-refractivity contribution is -0.122. The van der Waals surface area contributed by atoms with Crippen LogP contribution in [0.5, 0.6) is 5.75 Å². The number of amidine groups is 1. The second kappa shape index (κ2) is 7.96. The number of furan rings is 1. The Kier molecular flexibility index (Phi) is 5.23. The molecule has 1 aliphatic heterocycles. The van der Waals surface area contributed by atoms with E-state index in [0.29, 0.717) is 26.4 Å². The third-order valence-electron chi connectivity index (χ3n) is 4.04. The van der Waals surface area contributed by atoms with Crippen molar-refractivity contribution < 1.29 is 14.3 Å². The molecule has 1 N–H and O–H groups in total. The van der Waals surface area contributed by atoms with Gasteiger partial charge in [0.15, 0.2) is 5.17 Å². The van der Waals surface area contributed by atoms with Gasteiger partial charge >= 0.3 is 0 Å². The third-order valence-corrected chi connectivity index (χ3v) is 5.28. The van der Waals surface area contributed by atoms with Gasteiger partial charge in [-0.25, -0.2) is 4.99 Å². The molecule has 3 aromatic rings. The summed E-state index contributed by atoms with van der Waals surface area (Å²) in [5.74, 6) is 0.494. The van der Waals surface area contributed by atoms with Gasteiger partial charge in [0.05, 0.1) is 23.4 Å². The number of hydrogen-bond acceptors (Lipinski definition) is 5. The van der Waals surface area contributed by atoms with Crippen LogP contribution < -0.4 is 0 Å². The molecule has 7 heteroatoms. The molecule has 5 nitrogen and oxygen atoms in total. The molecule has 0 unspecified atom stereocenters. The zero-order valence-corrected chi connectivity index (χ0v) is 16.2. The SMILES string of the molecule is O=C1/C(=C\c2cc(Cl)ccc2O)SC(=Nc2ccccc2)N1Cc1ccco1. The molecule has 0 atom stereocenters. The van der Waals surface area contributed by atoms with Gasteiger partial charge in [-0.2, -0.15) is 0 Å². The fourth-order valence-corrected chi connectivity index (χ4v) is 3.85. The number of para-hydroxylation sites is 1. The van der Waals surface area contributed by atoms with E-state index in [1.807, 2.05) is 36.4 Å². The van der Waals surface area contributed by atoms with Gasteiger partial charge < -0.3 is 9.52 Å². The van der Waals surface area contributed by atoms with E-state index in [1.54, 1.807) is 35.4 Å². The summed E-state index contributed by atoms with van der Waals surface area (Å²) in [6.45, 7) is 0.267. The first-order valence-electron chi connectivity index (χ1n) is 8.46. The van der Waals surface area contributed by atoms with Gasteiger partial charge in [-0.1, -0.05) is 29.8 Å². The van der Waals surface area contributed by atoms with Crippen LogP contribution in [-0.4, -0.2) is 21.1 Å². The monoisotopic (exact) mass is 410 g/mol. The largest absolute Gasteiger partial charge is 0.507 e. The normalized spacial score (nSPS) is 17.0. The van der Waals surface area contributed by atoms with Crippen molar-refractivity contribution in [1.82, 2.24) is 4.90 Å². The highest BCUT2D eigenvalue weighted by Gasteiger charge is 2.34. The summed E-state index contributed by atoms with van der Waals surface area (Å²) in [5, 5.41) is 11.1. The Morgan fingerprint density at radius 2 is 1.96 bits per heavy atom. The molecule has 1 saturated heterocycles. The Hall–Kier alpha value is -2.96. The van der Waals surface area contributed by atoms with E-state index < -0.39 is 0 Å². The third kappa shape index (κ3) is 3.98. The Bertz CT molecular complexity index is 1060. The van der Waals surface area contributed by atoms with Crippen molar-refractivity contribution in [3.63, 3.8) is 0 Å². The number of nitrogens with zero attached hydrogens (tertiary/aromatic N) is 2. The van der Waals surface area contributed by atoms with Gasteiger partial charge in [-0.15, -0.1) is 0 Å². The highest BCUT2D eigenvalue weighted by Crippen LogP contribution is 2.36. The van der Waals surface area contributed by atoms with Gasteiger partial charge in [0, 0.05) is 10.6 Å². The molecule has 0 radical (unpaired) electrons. The minimum absolute atomic E-state index is 0.0522. The van der Waals surface area contributed by atoms with Crippen LogP contribution in [0.2, 0.25) is 5.02 Å². The number of rotatable bonds is 4. The number of aromatic hydroxyl groups is 1. The number of thioether (sulfide) groups is 1. The molecule has 0 aliphatic carbocycles. The van der Waals surface area contributed by atoms with Crippen molar-refractivity contribution in [1.29, 1.82) is 0 Å². The summed E-state index contributed by atoms with van der Waals surface area (Å²) in [6.07, 6.45) is 3.19. The minimum Gasteiger partial charge on any atom is -0.507 e. The van der Waals surface area contributed by atoms with E-state index in [2.05, 4.69) is 4.99 Å². The van der Waals surface area contributed by atoms with Gasteiger partial charge in [0.2, 0.25) is 0 Å². The van der Waals surface area contributed by atoms with Crippen molar-refractivity contribution in [3.05, 3.63) is 88.2 Å². The molecule has 0 saturated carbocycles. The smallest absolute Gasteiger partial charge is 0.267 e. The van der Waals surface area contributed by atoms with Gasteiger partial charge in [0.25, 0.3) is 5.91 Å². The number of halogens is 1. The molecule has 2 heterocycles. The maximum Gasteiger partial charge on any atom is 0.267 e. The quantitative estimate of drug-likeness (QED) is 0.581. The first-order valence-corrected chi connectivity index (χ1v) is 9.65. The fourth-order valence-electron chi connectivity index (χ4n) is 2.68. The number of phenols is 1. The Morgan fingerprint density at radius 3 is 2.71 bits per heavy atom. The first kappa shape index (κ1) is 18.4. The summed E-state index contributed by atoms with van der Waals surface area (Å²) < 4.78 is 5.40. The second-order valence-electron chi connectivity index (χ2n) is 6.01. The number of aliphatic imine (C=N–C) groups is 1. The van der Waals surface area contributed by atoms with E-state index in [9.17, 15) is 9.90 Å². The van der Waals surface area contributed by atoms with Crippen molar-refractivity contribution >= 4 is 46.2 Å². The van der Waals surface area contributed by atoms with Crippen molar-refractivity contribution in [3.8, 4) is 5.75 Å². The molecule has 28 heavy (non-hydrogen) atoms. The highest BCUT2D eigenvalue weighted by atomic mass is 35.5. The average molecular weight is 411 g/mol. The zero-order valence-electron chi connectivity index (χ0n) is 14.6. The lowest BCUT2D eigenvalue weighted by Gasteiger charge is -2.13. The number of hydrogen-bond donors (Lipinski definition) is 1. The van der Waals surface area contributed by atoms with Crippen molar-refractivity contribution in [2.45, 2.75) is 6.54 Å². The first-order chi connectivity index (χ1) is 13.6. The maximum absolute atomic E-state index is 13.0. The Morgan fingerprint density at radius 1 is 1.14 bits per heavy atom. The predicted octanol–water partition coefficient (Wildman–Crippen LogP) is 5.44. The number of carbonyl (C=O) groups is 1. The van der Waals surface area contributed by atoms with Crippen LogP contribution in [0.1, 0.15) is 11.3 Å². The van der Waals surface area contributed by atoms with E-state index in [4.69, 9.17) is 16.0 Å². The fraction of sp³-hybridized carbons (Fsp3) is 0.0476. The highest BCUT2D eigenvalue weighted by molar-refractivity contribution is 8.18. The van der Waals surface area contributed by atoms with Crippen LogP contribution in [0.4, 0.5) is 5.69 Å². The molecule has 2 aromatic carbocycles. The summed E-state index contributed by atoms with van der Waals surface area (Å²) in [6, 6.07) is 17.7. The standard InChI is InChI=1S/C21H15ClN2O3S/c22-15-8-9-18(25)14(11-15)12-19-20(26)24(13-17-7-4-10-27-17)21(28-19)23-16-5-2-1-3-6-16/h1-12,25H,13H2/b19-12+,23-21?. The lowest BCUT2D eigenvalue weighted by Crippen LogP contribution is -2.28. The summed E-state index contributed by atoms with van der Waals surface area (Å²) in [7, 11) is 0. The number of benzene rings is 2. The van der Waals surface area contributed by atoms with Crippen LogP contribution in [-0.2, 0) is 11.3 Å². The van der Waals surface area contributed by atoms with Crippen LogP contribution in [0, 0.1) is 0 Å². The maximum atomic E-state index is 13.0. The van der Waals surface area contributed by atoms with Crippen molar-refractivity contribution in [2.24, 2.45) is 4.99 Å². The van der Waals surface area contributed by atoms with Gasteiger partial charge in [0.1, 0.15) is 11.5 Å². The number of amides is 1. The molecule has 4 rings (SSSR count). The molecule has 140 valence electrons. The zero-order chi connectivity index (χ0) is 19.5. The second-order valence-corrected chi connectivity index (χ2v) is 7.46. The van der Waals surface area contributed by atoms with Gasteiger partial charge in [-0.3, -0.25) is 9.69 Å². The van der Waals surface area contributed by atoms with Crippen molar-refractivity contribution in [2.75, 3.05) is 0 Å². The minimum atomic E-state index is -0.213. The van der Waals surface area contributed by atoms with E-state index in [-0.39, 0.29) is 18.2 Å². The predicted molar refractivity (Wildman–Crippen MR) is 111 cm³/mol. The molecular formula is C21H15ClN2O3S. The van der Waals surface area contributed by atoms with E-state index in [1.165, 1.54) is 17.8 Å². The topological polar surface area (TPSA) is 66.0 Å². The summed E-state index contributed by atoms with van der Waals surface area (Å²) >= 11 is 7.26. The molecule has 0 spiro atoms. The van der Waals surface area contributed by atoms with Crippen LogP contribution >= 0.6 is 23.4 Å². The number of phenolic OH excluding ortho intramolecular Hbond substituents is 1. The Labute approximate surface area is 171 Å². The van der Waals surface area contributed by atoms with Crippen LogP contribution in [0.25, 0.3) is 6.08 Å². The summed E-state index contributed by atoms with van der Waals surface area (Å²) in [4.78, 5) is 19.7. The molecule has 1 aromatic heterocycles. The molecule has 1 aliphatic rings. The van der Waals surface area contributed by atoms with E-state index >= 15 is 0 Å². The molecule has 1 amide bonds.